The van der Waals surface area contributed by atoms with Crippen molar-refractivity contribution in [2.24, 2.45) is 5.10 Å². The van der Waals surface area contributed by atoms with E-state index in [-0.39, 0.29) is 22.8 Å². The summed E-state index contributed by atoms with van der Waals surface area (Å²) in [6.45, 7) is 3.67. The fourth-order valence-corrected chi connectivity index (χ4v) is 3.65. The molecule has 0 unspecified atom stereocenters. The van der Waals surface area contributed by atoms with Gasteiger partial charge < -0.3 is 9.84 Å². The van der Waals surface area contributed by atoms with Crippen LogP contribution in [0.2, 0.25) is 0 Å². The van der Waals surface area contributed by atoms with Crippen molar-refractivity contribution in [3.63, 3.8) is 0 Å². The Morgan fingerprint density at radius 3 is 2.57 bits per heavy atom. The Morgan fingerprint density at radius 1 is 1.23 bits per heavy atom. The molecule has 1 aliphatic heterocycles. The van der Waals surface area contributed by atoms with E-state index < -0.39 is 17.6 Å². The zero-order chi connectivity index (χ0) is 22.2. The number of benzene rings is 2. The number of halogens is 5. The van der Waals surface area contributed by atoms with Gasteiger partial charge in [0.15, 0.2) is 11.5 Å². The molecule has 0 aliphatic carbocycles. The predicted octanol–water partition coefficient (Wildman–Crippen LogP) is 6.14. The third-order valence-electron chi connectivity index (χ3n) is 4.25. The van der Waals surface area contributed by atoms with Crippen molar-refractivity contribution >= 4 is 55.2 Å². The van der Waals surface area contributed by atoms with Gasteiger partial charge in [-0.25, -0.2) is 0 Å². The Bertz CT molecular complexity index is 1080. The van der Waals surface area contributed by atoms with E-state index in [1.54, 1.807) is 19.9 Å². The number of aromatic hydroxyl groups is 1. The highest BCUT2D eigenvalue weighted by Crippen LogP contribution is 2.43. The van der Waals surface area contributed by atoms with Gasteiger partial charge in [0.05, 0.1) is 33.6 Å². The summed E-state index contributed by atoms with van der Waals surface area (Å²) in [4.78, 5) is 12.9. The molecule has 2 aromatic carbocycles. The number of hydrogen-bond acceptors (Lipinski definition) is 4. The Hall–Kier alpha value is -2.33. The summed E-state index contributed by atoms with van der Waals surface area (Å²) < 4.78 is 45.3. The molecular weight excluding hydrogens is 533 g/mol. The molecule has 1 heterocycles. The van der Waals surface area contributed by atoms with Crippen LogP contribution in [0.3, 0.4) is 0 Å². The van der Waals surface area contributed by atoms with E-state index in [4.69, 9.17) is 4.74 Å². The van der Waals surface area contributed by atoms with Crippen molar-refractivity contribution in [2.45, 2.75) is 20.0 Å². The molecule has 0 fully saturated rings. The molecule has 2 aromatic rings. The molecule has 0 bridgehead atoms. The smallest absolute Gasteiger partial charge is 0.416 e. The molecule has 1 aliphatic rings. The van der Waals surface area contributed by atoms with Gasteiger partial charge >= 0.3 is 6.18 Å². The summed E-state index contributed by atoms with van der Waals surface area (Å²) in [6, 6.07) is 5.96. The summed E-state index contributed by atoms with van der Waals surface area (Å²) in [6.07, 6.45) is -3.00. The molecule has 0 saturated heterocycles. The van der Waals surface area contributed by atoms with Crippen LogP contribution in [0.15, 0.2) is 50.0 Å². The number of hydrazone groups is 1. The monoisotopic (exact) mass is 546 g/mol. The Labute approximate surface area is 187 Å². The molecule has 3 rings (SSSR count). The third kappa shape index (κ3) is 4.24. The first kappa shape index (κ1) is 22.4. The molecule has 1 amide bonds. The lowest BCUT2D eigenvalue weighted by atomic mass is 10.1. The predicted molar refractivity (Wildman–Crippen MR) is 115 cm³/mol. The minimum absolute atomic E-state index is 0.0125. The molecule has 1 N–H and O–H groups in total. The number of phenols is 1. The maximum absolute atomic E-state index is 13.0. The van der Waals surface area contributed by atoms with Gasteiger partial charge in [0, 0.05) is 4.47 Å². The maximum atomic E-state index is 13.0. The number of carbonyl (C=O) groups is 1. The maximum Gasteiger partial charge on any atom is 0.416 e. The van der Waals surface area contributed by atoms with Gasteiger partial charge in [-0.05, 0) is 81.6 Å². The second-order valence-electron chi connectivity index (χ2n) is 6.28. The number of hydrogen-bond donors (Lipinski definition) is 1. The Kier molecular flexibility index (Phi) is 6.28. The van der Waals surface area contributed by atoms with Crippen molar-refractivity contribution in [2.75, 3.05) is 11.6 Å². The fourth-order valence-electron chi connectivity index (χ4n) is 2.81. The highest BCUT2D eigenvalue weighted by atomic mass is 79.9. The molecule has 0 radical (unpaired) electrons. The first-order chi connectivity index (χ1) is 14.0. The normalized spacial score (nSPS) is 15.7. The molecule has 0 spiro atoms. The van der Waals surface area contributed by atoms with E-state index in [0.717, 1.165) is 17.1 Å². The van der Waals surface area contributed by atoms with Crippen molar-refractivity contribution in [3.8, 4) is 11.5 Å². The zero-order valence-corrected chi connectivity index (χ0v) is 18.9. The quantitative estimate of drug-likeness (QED) is 0.468. The summed E-state index contributed by atoms with van der Waals surface area (Å²) >= 11 is 6.63. The van der Waals surface area contributed by atoms with E-state index in [1.807, 2.05) is 0 Å². The molecule has 158 valence electrons. The van der Waals surface area contributed by atoms with Crippen LogP contribution < -0.4 is 9.75 Å². The van der Waals surface area contributed by atoms with E-state index in [1.165, 1.54) is 18.2 Å². The average molecular weight is 548 g/mol. The molecular formula is C20H15Br2F3N2O3. The SMILES string of the molecule is CCOc1cc(C=C2C(=O)N(c3cccc(C(F)(F)F)c3)N=C2C)c(Br)c(Br)c1O. The van der Waals surface area contributed by atoms with Crippen molar-refractivity contribution < 1.29 is 27.8 Å². The van der Waals surface area contributed by atoms with Crippen molar-refractivity contribution in [1.82, 2.24) is 0 Å². The summed E-state index contributed by atoms with van der Waals surface area (Å²) in [7, 11) is 0. The zero-order valence-electron chi connectivity index (χ0n) is 15.7. The van der Waals surface area contributed by atoms with Crippen LogP contribution in [0, 0.1) is 0 Å². The number of nitrogens with zero attached hydrogens (tertiary/aromatic N) is 2. The second kappa shape index (κ2) is 8.43. The molecule has 10 heteroatoms. The number of anilines is 1. The molecule has 30 heavy (non-hydrogen) atoms. The van der Waals surface area contributed by atoms with Gasteiger partial charge in [0.2, 0.25) is 0 Å². The highest BCUT2D eigenvalue weighted by molar-refractivity contribution is 9.13. The van der Waals surface area contributed by atoms with E-state index in [0.29, 0.717) is 26.8 Å². The van der Waals surface area contributed by atoms with Crippen LogP contribution in [-0.4, -0.2) is 23.3 Å². The summed E-state index contributed by atoms with van der Waals surface area (Å²) in [5.74, 6) is -0.449. The lowest BCUT2D eigenvalue weighted by Gasteiger charge is -2.14. The van der Waals surface area contributed by atoms with Crippen LogP contribution in [0.4, 0.5) is 18.9 Å². The second-order valence-corrected chi connectivity index (χ2v) is 7.87. The van der Waals surface area contributed by atoms with E-state index >= 15 is 0 Å². The number of carbonyl (C=O) groups excluding carboxylic acids is 1. The number of alkyl halides is 3. The van der Waals surface area contributed by atoms with Crippen LogP contribution in [-0.2, 0) is 11.0 Å². The first-order valence-electron chi connectivity index (χ1n) is 8.67. The minimum atomic E-state index is -4.53. The van der Waals surface area contributed by atoms with Gasteiger partial charge in [-0.1, -0.05) is 6.07 Å². The van der Waals surface area contributed by atoms with Gasteiger partial charge in [-0.15, -0.1) is 0 Å². The molecule has 0 saturated carbocycles. The molecule has 0 atom stereocenters. The first-order valence-corrected chi connectivity index (χ1v) is 10.3. The van der Waals surface area contributed by atoms with Crippen LogP contribution in [0.25, 0.3) is 6.08 Å². The largest absolute Gasteiger partial charge is 0.503 e. The van der Waals surface area contributed by atoms with E-state index in [2.05, 4.69) is 37.0 Å². The average Bonchev–Trinajstić information content (AvgIpc) is 2.97. The van der Waals surface area contributed by atoms with Crippen LogP contribution in [0.1, 0.15) is 25.0 Å². The number of ether oxygens (including phenoxy) is 1. The van der Waals surface area contributed by atoms with Crippen LogP contribution in [0.5, 0.6) is 11.5 Å². The van der Waals surface area contributed by atoms with E-state index in [9.17, 15) is 23.1 Å². The summed E-state index contributed by atoms with van der Waals surface area (Å²) in [5.41, 5.74) is 0.203. The summed E-state index contributed by atoms with van der Waals surface area (Å²) in [5, 5.41) is 15.2. The van der Waals surface area contributed by atoms with Gasteiger partial charge in [-0.2, -0.15) is 23.3 Å². The Balaban J connectivity index is 2.02. The highest BCUT2D eigenvalue weighted by Gasteiger charge is 2.33. The fraction of sp³-hybridized carbons (Fsp3) is 0.200. The standard InChI is InChI=1S/C20H15Br2F3N2O3/c1-3-30-15-8-11(16(21)17(22)18(15)28)7-14-10(2)26-27(19(14)29)13-6-4-5-12(9-13)20(23,24)25/h4-9,28H,3H2,1-2H3. The van der Waals surface area contributed by atoms with Gasteiger partial charge in [0.25, 0.3) is 5.91 Å². The third-order valence-corrected chi connectivity index (χ3v) is 6.41. The lowest BCUT2D eigenvalue weighted by Crippen LogP contribution is -2.21. The van der Waals surface area contributed by atoms with Crippen LogP contribution >= 0.6 is 31.9 Å². The molecule has 0 aromatic heterocycles. The van der Waals surface area contributed by atoms with Crippen molar-refractivity contribution in [3.05, 3.63) is 56.0 Å². The number of rotatable bonds is 4. The number of phenolic OH excluding ortho intramolecular Hbond substituents is 1. The van der Waals surface area contributed by atoms with Gasteiger partial charge in [0.1, 0.15) is 0 Å². The minimum Gasteiger partial charge on any atom is -0.503 e. The number of amides is 1. The Morgan fingerprint density at radius 2 is 1.93 bits per heavy atom. The lowest BCUT2D eigenvalue weighted by molar-refractivity contribution is -0.137. The molecule has 5 nitrogen and oxygen atoms in total. The topological polar surface area (TPSA) is 62.1 Å². The van der Waals surface area contributed by atoms with Gasteiger partial charge in [-0.3, -0.25) is 4.79 Å². The van der Waals surface area contributed by atoms with Crippen molar-refractivity contribution in [1.29, 1.82) is 0 Å².